The van der Waals surface area contributed by atoms with Gasteiger partial charge < -0.3 is 0 Å². The average molecular weight is 322 g/mol. The van der Waals surface area contributed by atoms with Gasteiger partial charge in [-0.15, -0.1) is 0 Å². The van der Waals surface area contributed by atoms with Crippen molar-refractivity contribution in [3.8, 4) is 0 Å². The Morgan fingerprint density at radius 1 is 1.12 bits per heavy atom. The fourth-order valence-corrected chi connectivity index (χ4v) is 2.86. The second-order valence-electron chi connectivity index (χ2n) is 6.08. The number of ketones is 1. The molecule has 24 heavy (non-hydrogen) atoms. The molecule has 5 heteroatoms. The highest BCUT2D eigenvalue weighted by Crippen LogP contribution is 2.39. The molecular weight excluding hydrogens is 307 g/mol. The fourth-order valence-electron chi connectivity index (χ4n) is 2.86. The van der Waals surface area contributed by atoms with Crippen molar-refractivity contribution in [3.05, 3.63) is 76.1 Å². The Hall–Kier alpha value is -2.82. The molecule has 1 saturated carbocycles. The third-order valence-electron chi connectivity index (χ3n) is 4.30. The number of rotatable bonds is 4. The second-order valence-corrected chi connectivity index (χ2v) is 6.08. The lowest BCUT2D eigenvalue weighted by Gasteiger charge is -2.12. The SMILES string of the molecule is O=C(Cn1c(C2CC2)nc2ccccc2c1=O)c1ccc(F)cc1. The molecule has 120 valence electrons. The maximum absolute atomic E-state index is 13.0. The third-order valence-corrected chi connectivity index (χ3v) is 4.30. The molecule has 1 aliphatic rings. The minimum Gasteiger partial charge on any atom is -0.292 e. The van der Waals surface area contributed by atoms with Crippen LogP contribution < -0.4 is 5.56 Å². The maximum Gasteiger partial charge on any atom is 0.261 e. The summed E-state index contributed by atoms with van der Waals surface area (Å²) < 4.78 is 14.5. The molecule has 4 rings (SSSR count). The van der Waals surface area contributed by atoms with Crippen LogP contribution in [0.4, 0.5) is 4.39 Å². The molecule has 0 atom stereocenters. The summed E-state index contributed by atoms with van der Waals surface area (Å²) in [4.78, 5) is 29.9. The summed E-state index contributed by atoms with van der Waals surface area (Å²) in [5, 5.41) is 0.508. The molecule has 0 unspecified atom stereocenters. The second kappa shape index (κ2) is 5.67. The predicted octanol–water partition coefficient (Wildman–Crippen LogP) is 3.30. The Kier molecular flexibility index (Phi) is 3.49. The molecule has 0 aliphatic heterocycles. The van der Waals surface area contributed by atoms with Gasteiger partial charge in [-0.3, -0.25) is 14.2 Å². The van der Waals surface area contributed by atoms with Crippen molar-refractivity contribution in [1.29, 1.82) is 0 Å². The highest BCUT2D eigenvalue weighted by atomic mass is 19.1. The van der Waals surface area contributed by atoms with Gasteiger partial charge in [-0.05, 0) is 49.2 Å². The lowest BCUT2D eigenvalue weighted by Crippen LogP contribution is -2.28. The molecule has 0 saturated heterocycles. The first-order valence-electron chi connectivity index (χ1n) is 7.92. The quantitative estimate of drug-likeness (QED) is 0.693. The van der Waals surface area contributed by atoms with E-state index in [9.17, 15) is 14.0 Å². The predicted molar refractivity (Wildman–Crippen MR) is 88.7 cm³/mol. The number of carbonyl (C=O) groups is 1. The van der Waals surface area contributed by atoms with Crippen LogP contribution in [-0.2, 0) is 6.54 Å². The minimum atomic E-state index is -0.394. The molecule has 1 aromatic heterocycles. The Morgan fingerprint density at radius 2 is 1.83 bits per heavy atom. The van der Waals surface area contributed by atoms with Gasteiger partial charge in [0, 0.05) is 11.5 Å². The first-order valence-corrected chi connectivity index (χ1v) is 7.92. The van der Waals surface area contributed by atoms with E-state index >= 15 is 0 Å². The summed E-state index contributed by atoms with van der Waals surface area (Å²) in [6.45, 7) is -0.0753. The van der Waals surface area contributed by atoms with Crippen LogP contribution in [0.1, 0.15) is 34.9 Å². The van der Waals surface area contributed by atoms with Gasteiger partial charge >= 0.3 is 0 Å². The van der Waals surface area contributed by atoms with E-state index in [1.165, 1.54) is 28.8 Å². The summed E-state index contributed by atoms with van der Waals surface area (Å²) in [7, 11) is 0. The van der Waals surface area contributed by atoms with Crippen LogP contribution in [-0.4, -0.2) is 15.3 Å². The number of hydrogen-bond donors (Lipinski definition) is 0. The first kappa shape index (κ1) is 14.8. The highest BCUT2D eigenvalue weighted by Gasteiger charge is 2.30. The van der Waals surface area contributed by atoms with Crippen LogP contribution in [0.5, 0.6) is 0 Å². The van der Waals surface area contributed by atoms with Crippen LogP contribution in [0.3, 0.4) is 0 Å². The van der Waals surface area contributed by atoms with E-state index in [1.807, 2.05) is 12.1 Å². The van der Waals surface area contributed by atoms with Gasteiger partial charge in [-0.1, -0.05) is 12.1 Å². The number of fused-ring (bicyclic) bond motifs is 1. The molecule has 0 radical (unpaired) electrons. The number of halogens is 1. The van der Waals surface area contributed by atoms with E-state index in [2.05, 4.69) is 4.98 Å². The van der Waals surface area contributed by atoms with Crippen LogP contribution >= 0.6 is 0 Å². The van der Waals surface area contributed by atoms with E-state index in [-0.39, 0.29) is 23.8 Å². The highest BCUT2D eigenvalue weighted by molar-refractivity contribution is 5.96. The van der Waals surface area contributed by atoms with Crippen LogP contribution in [0, 0.1) is 5.82 Å². The molecule has 1 fully saturated rings. The minimum absolute atomic E-state index is 0.0753. The Balaban J connectivity index is 1.79. The van der Waals surface area contributed by atoms with Gasteiger partial charge in [0.2, 0.25) is 0 Å². The van der Waals surface area contributed by atoms with Crippen LogP contribution in [0.2, 0.25) is 0 Å². The van der Waals surface area contributed by atoms with Crippen molar-refractivity contribution in [2.75, 3.05) is 0 Å². The number of para-hydroxylation sites is 1. The van der Waals surface area contributed by atoms with Crippen molar-refractivity contribution < 1.29 is 9.18 Å². The summed E-state index contributed by atoms with van der Waals surface area (Å²) in [5.74, 6) is 0.295. The number of hydrogen-bond acceptors (Lipinski definition) is 3. The number of benzene rings is 2. The molecule has 2 aromatic carbocycles. The standard InChI is InChI=1S/C19H15FN2O2/c20-14-9-7-12(8-10-14)17(23)11-22-18(13-5-6-13)21-16-4-2-1-3-15(16)19(22)24/h1-4,7-10,13H,5-6,11H2. The third kappa shape index (κ3) is 2.62. The number of carbonyl (C=O) groups excluding carboxylic acids is 1. The lowest BCUT2D eigenvalue weighted by atomic mass is 10.1. The van der Waals surface area contributed by atoms with Crippen LogP contribution in [0.25, 0.3) is 10.9 Å². The smallest absolute Gasteiger partial charge is 0.261 e. The van der Waals surface area contributed by atoms with Crippen molar-refractivity contribution in [3.63, 3.8) is 0 Å². The molecule has 0 spiro atoms. The Labute approximate surface area is 137 Å². The van der Waals surface area contributed by atoms with Gasteiger partial charge in [0.25, 0.3) is 5.56 Å². The molecule has 1 heterocycles. The van der Waals surface area contributed by atoms with Gasteiger partial charge in [-0.25, -0.2) is 9.37 Å². The molecule has 3 aromatic rings. The number of nitrogens with zero attached hydrogens (tertiary/aromatic N) is 2. The zero-order valence-electron chi connectivity index (χ0n) is 12.9. The largest absolute Gasteiger partial charge is 0.292 e. The van der Waals surface area contributed by atoms with E-state index in [4.69, 9.17) is 0 Å². The maximum atomic E-state index is 13.0. The fraction of sp³-hybridized carbons (Fsp3) is 0.211. The normalized spacial score (nSPS) is 14.0. The van der Waals surface area contributed by atoms with Gasteiger partial charge in [-0.2, -0.15) is 0 Å². The summed E-state index contributed by atoms with van der Waals surface area (Å²) in [6, 6.07) is 12.5. The Morgan fingerprint density at radius 3 is 2.54 bits per heavy atom. The lowest BCUT2D eigenvalue weighted by molar-refractivity contribution is 0.0969. The van der Waals surface area contributed by atoms with Gasteiger partial charge in [0.05, 0.1) is 17.4 Å². The van der Waals surface area contributed by atoms with Crippen molar-refractivity contribution in [2.24, 2.45) is 0 Å². The van der Waals surface area contributed by atoms with Crippen molar-refractivity contribution >= 4 is 16.7 Å². The summed E-state index contributed by atoms with van der Waals surface area (Å²) in [5.41, 5.74) is 0.853. The molecule has 4 nitrogen and oxygen atoms in total. The zero-order chi connectivity index (χ0) is 16.7. The van der Waals surface area contributed by atoms with Crippen LogP contribution in [0.15, 0.2) is 53.3 Å². The molecule has 0 N–H and O–H groups in total. The summed E-state index contributed by atoms with van der Waals surface area (Å²) >= 11 is 0. The topological polar surface area (TPSA) is 52.0 Å². The average Bonchev–Trinajstić information content (AvgIpc) is 3.43. The van der Waals surface area contributed by atoms with E-state index < -0.39 is 5.82 Å². The van der Waals surface area contributed by atoms with E-state index in [0.29, 0.717) is 22.3 Å². The van der Waals surface area contributed by atoms with Gasteiger partial charge in [0.15, 0.2) is 5.78 Å². The molecule has 0 bridgehead atoms. The molecule has 0 amide bonds. The monoisotopic (exact) mass is 322 g/mol. The molecular formula is C19H15FN2O2. The van der Waals surface area contributed by atoms with Crippen molar-refractivity contribution in [1.82, 2.24) is 9.55 Å². The number of Topliss-reactive ketones (excluding diaryl/α,β-unsaturated/α-hetero) is 1. The van der Waals surface area contributed by atoms with E-state index in [0.717, 1.165) is 12.8 Å². The summed E-state index contributed by atoms with van der Waals surface area (Å²) in [6.07, 6.45) is 1.96. The van der Waals surface area contributed by atoms with Crippen molar-refractivity contribution in [2.45, 2.75) is 25.3 Å². The van der Waals surface area contributed by atoms with E-state index in [1.54, 1.807) is 12.1 Å². The first-order chi connectivity index (χ1) is 11.6. The van der Waals surface area contributed by atoms with Gasteiger partial charge in [0.1, 0.15) is 11.6 Å². The molecule has 1 aliphatic carbocycles. The Bertz CT molecular complexity index is 988. The number of aromatic nitrogens is 2. The zero-order valence-corrected chi connectivity index (χ0v) is 12.9.